The van der Waals surface area contributed by atoms with Crippen LogP contribution in [0.4, 0.5) is 0 Å². The molecule has 0 aliphatic carbocycles. The van der Waals surface area contributed by atoms with Gasteiger partial charge in [-0.1, -0.05) is 64.7 Å². The van der Waals surface area contributed by atoms with Crippen LogP contribution in [-0.4, -0.2) is 82.3 Å². The standard InChI is InChI=1S/C34H51N5O6/c1-5-22(3)30-33(43)36-27(20-23-21-39(45-4)28-17-11-10-15-25(23)28)31(41)35-26(16-9-7-8-14-24(40)6-2)34(44)38-19-13-12-18-29(38)32(42)37-30/h10-11,15,17,21-22,26-27,29-30,34,44H,5-9,12-14,16,18-20H2,1-4H3,(H,35,41)(H,36,43)(H,37,42)/t22?,26-,27?,29-,30-,34?/m0/s1. The third kappa shape index (κ3) is 8.43. The van der Waals surface area contributed by atoms with E-state index in [1.807, 2.05) is 51.2 Å². The molecule has 2 aliphatic rings. The number of unbranched alkanes of at least 4 members (excludes halogenated alkanes) is 2. The zero-order valence-electron chi connectivity index (χ0n) is 27.2. The van der Waals surface area contributed by atoms with Crippen molar-refractivity contribution < 1.29 is 29.1 Å². The van der Waals surface area contributed by atoms with Gasteiger partial charge in [0.2, 0.25) is 17.7 Å². The maximum absolute atomic E-state index is 14.1. The fourth-order valence-electron chi connectivity index (χ4n) is 6.58. The number of hydrogen-bond acceptors (Lipinski definition) is 7. The van der Waals surface area contributed by atoms with Crippen molar-refractivity contribution in [3.05, 3.63) is 36.0 Å². The van der Waals surface area contributed by atoms with Crippen LogP contribution >= 0.6 is 0 Å². The van der Waals surface area contributed by atoms with Crippen molar-refractivity contribution in [1.82, 2.24) is 25.6 Å². The molecule has 2 aromatic rings. The fraction of sp³-hybridized carbons (Fsp3) is 0.647. The molecule has 2 saturated heterocycles. The number of hydrogen-bond donors (Lipinski definition) is 4. The SMILES string of the molecule is CCC(=O)CCCCC[C@@H]1NC(=O)C(Cc2cn(OC)c3ccccc23)NC(=O)[C@H](C(C)CC)NC(=O)[C@@H]2CCCCN2C1O. The third-order valence-corrected chi connectivity index (χ3v) is 9.55. The van der Waals surface area contributed by atoms with E-state index in [1.165, 1.54) is 0 Å². The van der Waals surface area contributed by atoms with Gasteiger partial charge in [0.05, 0.1) is 17.6 Å². The van der Waals surface area contributed by atoms with Crippen LogP contribution in [0.15, 0.2) is 30.5 Å². The number of aliphatic hydroxyl groups excluding tert-OH is 1. The van der Waals surface area contributed by atoms with Crippen LogP contribution < -0.4 is 20.8 Å². The summed E-state index contributed by atoms with van der Waals surface area (Å²) < 4.78 is 1.63. The highest BCUT2D eigenvalue weighted by Crippen LogP contribution is 2.25. The zero-order valence-corrected chi connectivity index (χ0v) is 27.2. The highest BCUT2D eigenvalue weighted by molar-refractivity contribution is 5.94. The van der Waals surface area contributed by atoms with E-state index in [4.69, 9.17) is 4.84 Å². The largest absolute Gasteiger partial charge is 0.417 e. The van der Waals surface area contributed by atoms with Crippen LogP contribution in [0.25, 0.3) is 10.9 Å². The summed E-state index contributed by atoms with van der Waals surface area (Å²) in [5, 5.41) is 21.7. The number of aromatic nitrogens is 1. The van der Waals surface area contributed by atoms with Gasteiger partial charge in [0.15, 0.2) is 0 Å². The Bertz CT molecular complexity index is 1330. The Labute approximate surface area is 266 Å². The van der Waals surface area contributed by atoms with Crippen LogP contribution in [0.1, 0.15) is 90.5 Å². The van der Waals surface area contributed by atoms with Crippen LogP contribution in [0, 0.1) is 5.92 Å². The number of rotatable bonds is 12. The van der Waals surface area contributed by atoms with Crippen molar-refractivity contribution >= 4 is 34.4 Å². The first kappa shape index (κ1) is 34.4. The molecule has 45 heavy (non-hydrogen) atoms. The summed E-state index contributed by atoms with van der Waals surface area (Å²) in [4.78, 5) is 60.8. The number of ketones is 1. The van der Waals surface area contributed by atoms with E-state index >= 15 is 0 Å². The minimum absolute atomic E-state index is 0.176. The number of carbonyl (C=O) groups is 4. The zero-order chi connectivity index (χ0) is 32.5. The van der Waals surface area contributed by atoms with E-state index < -0.39 is 42.2 Å². The van der Waals surface area contributed by atoms with Crippen molar-refractivity contribution in [2.24, 2.45) is 5.92 Å². The second-order valence-electron chi connectivity index (χ2n) is 12.6. The highest BCUT2D eigenvalue weighted by atomic mass is 16.6. The molecular formula is C34H51N5O6. The van der Waals surface area contributed by atoms with Crippen molar-refractivity contribution in [1.29, 1.82) is 0 Å². The first-order valence-corrected chi connectivity index (χ1v) is 16.7. The number of Topliss-reactive ketones (excluding diaryl/α,β-unsaturated/α-hetero) is 1. The molecule has 3 heterocycles. The van der Waals surface area contributed by atoms with Crippen molar-refractivity contribution in [3.8, 4) is 0 Å². The Kier molecular flexibility index (Phi) is 12.4. The van der Waals surface area contributed by atoms with Crippen molar-refractivity contribution in [2.75, 3.05) is 13.7 Å². The van der Waals surface area contributed by atoms with Gasteiger partial charge in [0.1, 0.15) is 31.2 Å². The average molecular weight is 626 g/mol. The molecule has 11 heteroatoms. The molecule has 1 aromatic carbocycles. The van der Waals surface area contributed by atoms with E-state index in [0.717, 1.165) is 42.1 Å². The molecular weight excluding hydrogens is 574 g/mol. The summed E-state index contributed by atoms with van der Waals surface area (Å²) in [6.45, 7) is 6.24. The van der Waals surface area contributed by atoms with E-state index in [2.05, 4.69) is 16.0 Å². The summed E-state index contributed by atoms with van der Waals surface area (Å²) in [6, 6.07) is 4.61. The van der Waals surface area contributed by atoms with Crippen LogP contribution in [0.2, 0.25) is 0 Å². The van der Waals surface area contributed by atoms with Crippen LogP contribution in [0.3, 0.4) is 0 Å². The minimum Gasteiger partial charge on any atom is -0.417 e. The Balaban J connectivity index is 1.66. The van der Waals surface area contributed by atoms with Gasteiger partial charge < -0.3 is 25.9 Å². The van der Waals surface area contributed by atoms with Gasteiger partial charge in [-0.05, 0) is 43.2 Å². The Hall–Kier alpha value is -3.44. The molecule has 4 N–H and O–H groups in total. The maximum Gasteiger partial charge on any atom is 0.243 e. The molecule has 6 atom stereocenters. The van der Waals surface area contributed by atoms with Gasteiger partial charge in [0, 0.05) is 37.4 Å². The minimum atomic E-state index is -1.09. The molecule has 3 unspecified atom stereocenters. The number of nitrogens with one attached hydrogen (secondary N) is 3. The molecule has 248 valence electrons. The molecule has 0 saturated carbocycles. The number of nitrogens with zero attached hydrogens (tertiary/aromatic N) is 2. The third-order valence-electron chi connectivity index (χ3n) is 9.55. The lowest BCUT2D eigenvalue weighted by Crippen LogP contribution is -2.65. The lowest BCUT2D eigenvalue weighted by atomic mass is 9.94. The summed E-state index contributed by atoms with van der Waals surface area (Å²) in [5.74, 6) is -1.04. The Morgan fingerprint density at radius 1 is 1.02 bits per heavy atom. The van der Waals surface area contributed by atoms with E-state index in [-0.39, 0.29) is 24.0 Å². The van der Waals surface area contributed by atoms with Gasteiger partial charge in [0.25, 0.3) is 0 Å². The maximum atomic E-state index is 14.1. The number of fused-ring (bicyclic) bond motifs is 2. The highest BCUT2D eigenvalue weighted by Gasteiger charge is 2.40. The first-order valence-electron chi connectivity index (χ1n) is 16.7. The van der Waals surface area contributed by atoms with Crippen LogP contribution in [0.5, 0.6) is 0 Å². The molecule has 0 bridgehead atoms. The summed E-state index contributed by atoms with van der Waals surface area (Å²) in [6.07, 6.45) is 7.51. The molecule has 3 amide bonds. The number of amides is 3. The Morgan fingerprint density at radius 3 is 2.53 bits per heavy atom. The van der Waals surface area contributed by atoms with Gasteiger partial charge in [-0.2, -0.15) is 4.73 Å². The van der Waals surface area contributed by atoms with Crippen molar-refractivity contribution in [3.63, 3.8) is 0 Å². The average Bonchev–Trinajstić information content (AvgIpc) is 3.41. The number of carbonyl (C=O) groups excluding carboxylic acids is 4. The normalized spacial score (nSPS) is 25.7. The van der Waals surface area contributed by atoms with E-state index in [1.54, 1.807) is 16.7 Å². The fourth-order valence-corrected chi connectivity index (χ4v) is 6.58. The molecule has 11 nitrogen and oxygen atoms in total. The van der Waals surface area contributed by atoms with E-state index in [0.29, 0.717) is 45.1 Å². The van der Waals surface area contributed by atoms with E-state index in [9.17, 15) is 24.3 Å². The quantitative estimate of drug-likeness (QED) is 0.266. The predicted molar refractivity (Wildman–Crippen MR) is 172 cm³/mol. The summed E-state index contributed by atoms with van der Waals surface area (Å²) >= 11 is 0. The lowest BCUT2D eigenvalue weighted by molar-refractivity contribution is -0.143. The lowest BCUT2D eigenvalue weighted by Gasteiger charge is -2.42. The molecule has 0 radical (unpaired) electrons. The second-order valence-corrected chi connectivity index (χ2v) is 12.6. The Morgan fingerprint density at radius 2 is 1.80 bits per heavy atom. The predicted octanol–water partition coefficient (Wildman–Crippen LogP) is 2.86. The van der Waals surface area contributed by atoms with Gasteiger partial charge in [-0.15, -0.1) is 0 Å². The van der Waals surface area contributed by atoms with Crippen molar-refractivity contribution in [2.45, 2.75) is 122 Å². The molecule has 2 fully saturated rings. The van der Waals surface area contributed by atoms with Crippen LogP contribution in [-0.2, 0) is 25.6 Å². The van der Waals surface area contributed by atoms with Gasteiger partial charge in [-0.25, -0.2) is 0 Å². The molecule has 4 rings (SSSR count). The number of para-hydroxylation sites is 1. The number of benzene rings is 1. The topological polar surface area (TPSA) is 142 Å². The second kappa shape index (κ2) is 16.2. The smallest absolute Gasteiger partial charge is 0.243 e. The monoisotopic (exact) mass is 625 g/mol. The number of piperidine rings is 1. The molecule has 2 aliphatic heterocycles. The van der Waals surface area contributed by atoms with Gasteiger partial charge >= 0.3 is 0 Å². The summed E-state index contributed by atoms with van der Waals surface area (Å²) in [7, 11) is 1.57. The molecule has 0 spiro atoms. The number of aliphatic hydroxyl groups is 1. The first-order chi connectivity index (χ1) is 21.7. The van der Waals surface area contributed by atoms with Gasteiger partial charge in [-0.3, -0.25) is 24.1 Å². The summed E-state index contributed by atoms with van der Waals surface area (Å²) in [5.41, 5.74) is 1.66. The molecule has 1 aromatic heterocycles.